The minimum atomic E-state index is -0.707. The maximum atomic E-state index is 13.1. The van der Waals surface area contributed by atoms with Gasteiger partial charge in [0.05, 0.1) is 23.3 Å². The van der Waals surface area contributed by atoms with E-state index in [1.54, 1.807) is 30.1 Å². The lowest BCUT2D eigenvalue weighted by Crippen LogP contribution is -2.42. The second-order valence-corrected chi connectivity index (χ2v) is 7.08. The SMILES string of the molecule is CCn1c(=O)c(=O)[nH]c2cc(C(=O)NN(Cc3ccccc3)c3ccccc3)ccc21. The fourth-order valence-electron chi connectivity index (χ4n) is 3.49. The monoisotopic (exact) mass is 414 g/mol. The molecule has 31 heavy (non-hydrogen) atoms. The maximum Gasteiger partial charge on any atom is 0.316 e. The maximum absolute atomic E-state index is 13.1. The third-order valence-corrected chi connectivity index (χ3v) is 5.04. The van der Waals surface area contributed by atoms with Crippen molar-refractivity contribution in [3.8, 4) is 0 Å². The summed E-state index contributed by atoms with van der Waals surface area (Å²) in [4.78, 5) is 39.6. The fraction of sp³-hybridized carbons (Fsp3) is 0.125. The molecule has 0 saturated heterocycles. The summed E-state index contributed by atoms with van der Waals surface area (Å²) in [6, 6.07) is 24.3. The number of aryl methyl sites for hydroxylation is 1. The van der Waals surface area contributed by atoms with Crippen LogP contribution in [0, 0.1) is 0 Å². The predicted octanol–water partition coefficient (Wildman–Crippen LogP) is 3.06. The van der Waals surface area contributed by atoms with Crippen molar-refractivity contribution in [3.05, 3.63) is 111 Å². The van der Waals surface area contributed by atoms with Gasteiger partial charge in [-0.3, -0.25) is 24.8 Å². The summed E-state index contributed by atoms with van der Waals surface area (Å²) < 4.78 is 1.39. The summed E-state index contributed by atoms with van der Waals surface area (Å²) in [6.45, 7) is 2.64. The number of aromatic amines is 1. The van der Waals surface area contributed by atoms with Gasteiger partial charge in [-0.1, -0.05) is 48.5 Å². The number of aromatic nitrogens is 2. The van der Waals surface area contributed by atoms with Gasteiger partial charge in [0.2, 0.25) is 0 Å². The van der Waals surface area contributed by atoms with Crippen LogP contribution in [-0.4, -0.2) is 15.5 Å². The normalized spacial score (nSPS) is 10.7. The molecule has 0 bridgehead atoms. The van der Waals surface area contributed by atoms with Gasteiger partial charge in [0.15, 0.2) is 0 Å². The topological polar surface area (TPSA) is 87.2 Å². The molecule has 1 amide bonds. The van der Waals surface area contributed by atoms with Crippen LogP contribution in [-0.2, 0) is 13.1 Å². The second kappa shape index (κ2) is 8.71. The van der Waals surface area contributed by atoms with Gasteiger partial charge < -0.3 is 9.55 Å². The van der Waals surface area contributed by atoms with Gasteiger partial charge >= 0.3 is 11.1 Å². The first kappa shape index (κ1) is 20.2. The van der Waals surface area contributed by atoms with E-state index in [1.807, 2.05) is 60.7 Å². The first-order chi connectivity index (χ1) is 15.1. The molecule has 0 saturated carbocycles. The summed E-state index contributed by atoms with van der Waals surface area (Å²) in [6.07, 6.45) is 0. The number of fused-ring (bicyclic) bond motifs is 1. The third-order valence-electron chi connectivity index (χ3n) is 5.04. The van der Waals surface area contributed by atoms with Gasteiger partial charge in [-0.2, -0.15) is 0 Å². The Balaban J connectivity index is 1.67. The molecular weight excluding hydrogens is 392 g/mol. The molecule has 0 radical (unpaired) electrons. The molecule has 1 aromatic heterocycles. The Bertz CT molecular complexity index is 1330. The molecule has 156 valence electrons. The van der Waals surface area contributed by atoms with Crippen molar-refractivity contribution < 1.29 is 4.79 Å². The quantitative estimate of drug-likeness (QED) is 0.375. The zero-order valence-electron chi connectivity index (χ0n) is 17.0. The Labute approximate surface area is 178 Å². The number of hydrazine groups is 1. The number of rotatable bonds is 6. The Morgan fingerprint density at radius 2 is 1.65 bits per heavy atom. The molecule has 0 spiro atoms. The summed E-state index contributed by atoms with van der Waals surface area (Å²) in [5.74, 6) is -0.322. The molecule has 0 fully saturated rings. The van der Waals surface area contributed by atoms with Gasteiger partial charge in [-0.05, 0) is 42.8 Å². The van der Waals surface area contributed by atoms with Crippen molar-refractivity contribution in [2.45, 2.75) is 20.0 Å². The summed E-state index contributed by atoms with van der Waals surface area (Å²) in [5.41, 5.74) is 4.91. The number of benzene rings is 3. The molecule has 1 heterocycles. The minimum Gasteiger partial charge on any atom is -0.316 e. The van der Waals surface area contributed by atoms with Crippen LogP contribution in [0.25, 0.3) is 11.0 Å². The number of carbonyl (C=O) groups excluding carboxylic acids is 1. The van der Waals surface area contributed by atoms with Gasteiger partial charge in [0.25, 0.3) is 5.91 Å². The summed E-state index contributed by atoms with van der Waals surface area (Å²) in [7, 11) is 0. The van der Waals surface area contributed by atoms with Crippen molar-refractivity contribution in [1.29, 1.82) is 0 Å². The molecule has 0 aliphatic heterocycles. The van der Waals surface area contributed by atoms with Crippen LogP contribution >= 0.6 is 0 Å². The van der Waals surface area contributed by atoms with Crippen LogP contribution in [0.3, 0.4) is 0 Å². The molecule has 0 unspecified atom stereocenters. The number of nitrogens with one attached hydrogen (secondary N) is 2. The number of para-hydroxylation sites is 1. The number of carbonyl (C=O) groups is 1. The Morgan fingerprint density at radius 1 is 0.968 bits per heavy atom. The van der Waals surface area contributed by atoms with Crippen LogP contribution in [0.5, 0.6) is 0 Å². The van der Waals surface area contributed by atoms with Crippen LogP contribution in [0.4, 0.5) is 5.69 Å². The number of hydrogen-bond donors (Lipinski definition) is 2. The molecule has 0 aliphatic rings. The Kier molecular flexibility index (Phi) is 5.66. The second-order valence-electron chi connectivity index (χ2n) is 7.08. The van der Waals surface area contributed by atoms with E-state index in [1.165, 1.54) is 4.57 Å². The molecule has 7 nitrogen and oxygen atoms in total. The van der Waals surface area contributed by atoms with E-state index in [4.69, 9.17) is 0 Å². The first-order valence-electron chi connectivity index (χ1n) is 10.0. The van der Waals surface area contributed by atoms with Crippen molar-refractivity contribution in [2.75, 3.05) is 5.01 Å². The number of nitrogens with zero attached hydrogens (tertiary/aromatic N) is 2. The van der Waals surface area contributed by atoms with Crippen molar-refractivity contribution >= 4 is 22.6 Å². The highest BCUT2D eigenvalue weighted by molar-refractivity contribution is 5.98. The standard InChI is InChI=1S/C24H22N4O3/c1-2-27-21-14-13-18(15-20(21)25-23(30)24(27)31)22(29)26-28(19-11-7-4-8-12-19)16-17-9-5-3-6-10-17/h3-15H,2,16H2,1H3,(H,25,30)(H,26,29). The molecule has 2 N–H and O–H groups in total. The molecule has 0 atom stereocenters. The van der Waals surface area contributed by atoms with E-state index >= 15 is 0 Å². The van der Waals surface area contributed by atoms with Gasteiger partial charge in [0, 0.05) is 12.1 Å². The van der Waals surface area contributed by atoms with E-state index in [9.17, 15) is 14.4 Å². The van der Waals surface area contributed by atoms with Crippen LogP contribution in [0.2, 0.25) is 0 Å². The molecular formula is C24H22N4O3. The first-order valence-corrected chi connectivity index (χ1v) is 10.0. The molecule has 0 aliphatic carbocycles. The largest absolute Gasteiger partial charge is 0.316 e. The highest BCUT2D eigenvalue weighted by atomic mass is 16.2. The lowest BCUT2D eigenvalue weighted by molar-refractivity contribution is 0.0948. The highest BCUT2D eigenvalue weighted by Crippen LogP contribution is 2.16. The Hall–Kier alpha value is -4.13. The lowest BCUT2D eigenvalue weighted by atomic mass is 10.1. The third kappa shape index (κ3) is 4.25. The van der Waals surface area contributed by atoms with Gasteiger partial charge in [-0.25, -0.2) is 0 Å². The van der Waals surface area contributed by atoms with Crippen molar-refractivity contribution in [1.82, 2.24) is 15.0 Å². The summed E-state index contributed by atoms with van der Waals surface area (Å²) >= 11 is 0. The molecule has 4 aromatic rings. The van der Waals surface area contributed by atoms with Crippen LogP contribution < -0.4 is 21.6 Å². The van der Waals surface area contributed by atoms with E-state index < -0.39 is 11.1 Å². The van der Waals surface area contributed by atoms with Gasteiger partial charge in [-0.15, -0.1) is 0 Å². The average molecular weight is 414 g/mol. The van der Waals surface area contributed by atoms with Crippen molar-refractivity contribution in [3.63, 3.8) is 0 Å². The summed E-state index contributed by atoms with van der Waals surface area (Å²) in [5, 5.41) is 1.78. The number of anilines is 1. The van der Waals surface area contributed by atoms with Crippen LogP contribution in [0.1, 0.15) is 22.8 Å². The van der Waals surface area contributed by atoms with Gasteiger partial charge in [0.1, 0.15) is 0 Å². The average Bonchev–Trinajstić information content (AvgIpc) is 2.80. The zero-order valence-corrected chi connectivity index (χ0v) is 17.0. The van der Waals surface area contributed by atoms with E-state index in [0.717, 1.165) is 11.3 Å². The smallest absolute Gasteiger partial charge is 0.316 e. The number of H-pyrrole nitrogens is 1. The molecule has 3 aromatic carbocycles. The van der Waals surface area contributed by atoms with Crippen molar-refractivity contribution in [2.24, 2.45) is 0 Å². The Morgan fingerprint density at radius 3 is 2.32 bits per heavy atom. The predicted molar refractivity (Wildman–Crippen MR) is 121 cm³/mol. The molecule has 7 heteroatoms. The zero-order chi connectivity index (χ0) is 21.8. The number of hydrogen-bond acceptors (Lipinski definition) is 4. The lowest BCUT2D eigenvalue weighted by Gasteiger charge is -2.25. The van der Waals surface area contributed by atoms with E-state index in [0.29, 0.717) is 29.7 Å². The number of amides is 1. The highest BCUT2D eigenvalue weighted by Gasteiger charge is 2.15. The van der Waals surface area contributed by atoms with E-state index in [2.05, 4.69) is 10.4 Å². The fourth-order valence-corrected chi connectivity index (χ4v) is 3.49. The minimum absolute atomic E-state index is 0.322. The molecule has 4 rings (SSSR count). The van der Waals surface area contributed by atoms with Crippen LogP contribution in [0.15, 0.2) is 88.5 Å². The van der Waals surface area contributed by atoms with E-state index in [-0.39, 0.29) is 5.91 Å².